The van der Waals surface area contributed by atoms with Crippen LogP contribution in [0.25, 0.3) is 0 Å². The van der Waals surface area contributed by atoms with E-state index in [-0.39, 0.29) is 25.5 Å². The van der Waals surface area contributed by atoms with E-state index in [2.05, 4.69) is 0 Å². The Balaban J connectivity index is 1.45. The third-order valence-electron chi connectivity index (χ3n) is 3.67. The predicted octanol–water partition coefficient (Wildman–Crippen LogP) is 1.69. The van der Waals surface area contributed by atoms with Crippen molar-refractivity contribution < 1.29 is 28.5 Å². The summed E-state index contributed by atoms with van der Waals surface area (Å²) in [7, 11) is 0. The van der Waals surface area contributed by atoms with Gasteiger partial charge < -0.3 is 23.7 Å². The first kappa shape index (κ1) is 15.1. The number of esters is 1. The van der Waals surface area contributed by atoms with Gasteiger partial charge in [-0.25, -0.2) is 4.79 Å². The number of carbonyl (C=O) groups excluding carboxylic acids is 1. The summed E-state index contributed by atoms with van der Waals surface area (Å²) in [6.07, 6.45) is 0.761. The number of hydrogen-bond donors (Lipinski definition) is 0. The number of rotatable bonds is 5. The van der Waals surface area contributed by atoms with E-state index in [0.29, 0.717) is 13.2 Å². The first-order chi connectivity index (χ1) is 10.7. The van der Waals surface area contributed by atoms with Crippen LogP contribution < -0.4 is 9.47 Å². The molecular formula is C16H20O6. The number of aryl methyl sites for hydroxylation is 1. The maximum absolute atomic E-state index is 11.9. The molecule has 1 aromatic rings. The van der Waals surface area contributed by atoms with Crippen LogP contribution in [0, 0.1) is 0 Å². The van der Waals surface area contributed by atoms with Crippen LogP contribution in [-0.4, -0.2) is 44.8 Å². The molecule has 2 aliphatic heterocycles. The van der Waals surface area contributed by atoms with Gasteiger partial charge in [-0.1, -0.05) is 6.07 Å². The second kappa shape index (κ2) is 6.98. The van der Waals surface area contributed by atoms with E-state index in [4.69, 9.17) is 23.7 Å². The van der Waals surface area contributed by atoms with Crippen LogP contribution in [0.5, 0.6) is 11.5 Å². The molecule has 2 heterocycles. The van der Waals surface area contributed by atoms with Crippen molar-refractivity contribution in [2.45, 2.75) is 32.0 Å². The number of benzene rings is 1. The molecule has 120 valence electrons. The molecule has 1 aromatic carbocycles. The minimum atomic E-state index is -0.596. The van der Waals surface area contributed by atoms with Crippen LogP contribution in [-0.2, 0) is 25.4 Å². The number of carbonyl (C=O) groups is 1. The lowest BCUT2D eigenvalue weighted by molar-refractivity contribution is -0.175. The Labute approximate surface area is 129 Å². The third-order valence-corrected chi connectivity index (χ3v) is 3.67. The Morgan fingerprint density at radius 3 is 3.00 bits per heavy atom. The van der Waals surface area contributed by atoms with Crippen molar-refractivity contribution in [3.8, 4) is 11.5 Å². The SMILES string of the molecule is C[C@@H](CCc1ccc2c(c1)OCO2)OC(=O)[C@@H]1COCCO1. The molecule has 0 spiro atoms. The van der Waals surface area contributed by atoms with E-state index in [1.807, 2.05) is 25.1 Å². The van der Waals surface area contributed by atoms with E-state index in [0.717, 1.165) is 29.9 Å². The molecule has 2 atom stereocenters. The van der Waals surface area contributed by atoms with Crippen molar-refractivity contribution in [3.05, 3.63) is 23.8 Å². The Morgan fingerprint density at radius 1 is 1.32 bits per heavy atom. The molecule has 0 aromatic heterocycles. The molecule has 1 fully saturated rings. The first-order valence-corrected chi connectivity index (χ1v) is 7.51. The molecule has 1 saturated heterocycles. The Kier molecular flexibility index (Phi) is 4.80. The summed E-state index contributed by atoms with van der Waals surface area (Å²) in [6, 6.07) is 5.87. The summed E-state index contributed by atoms with van der Waals surface area (Å²) in [5.74, 6) is 1.20. The van der Waals surface area contributed by atoms with Crippen LogP contribution in [0.3, 0.4) is 0 Å². The van der Waals surface area contributed by atoms with Crippen LogP contribution >= 0.6 is 0 Å². The summed E-state index contributed by atoms with van der Waals surface area (Å²) in [5, 5.41) is 0. The van der Waals surface area contributed by atoms with E-state index >= 15 is 0 Å². The highest BCUT2D eigenvalue weighted by molar-refractivity contribution is 5.75. The molecule has 0 bridgehead atoms. The minimum Gasteiger partial charge on any atom is -0.461 e. The van der Waals surface area contributed by atoms with Gasteiger partial charge in [-0.15, -0.1) is 0 Å². The third kappa shape index (κ3) is 3.69. The molecule has 0 amide bonds. The average Bonchev–Trinajstić information content (AvgIpc) is 3.01. The number of fused-ring (bicyclic) bond motifs is 1. The van der Waals surface area contributed by atoms with Gasteiger partial charge in [0, 0.05) is 0 Å². The van der Waals surface area contributed by atoms with Crippen molar-refractivity contribution in [2.75, 3.05) is 26.6 Å². The quantitative estimate of drug-likeness (QED) is 0.772. The molecule has 6 heteroatoms. The van der Waals surface area contributed by atoms with E-state index in [1.165, 1.54) is 0 Å². The fourth-order valence-electron chi connectivity index (χ4n) is 2.42. The van der Waals surface area contributed by atoms with Gasteiger partial charge in [-0.3, -0.25) is 0 Å². The molecule has 2 aliphatic rings. The van der Waals surface area contributed by atoms with Crippen molar-refractivity contribution >= 4 is 5.97 Å². The molecule has 0 radical (unpaired) electrons. The van der Waals surface area contributed by atoms with Gasteiger partial charge in [0.1, 0.15) is 0 Å². The van der Waals surface area contributed by atoms with Crippen LogP contribution in [0.15, 0.2) is 18.2 Å². The lowest BCUT2D eigenvalue weighted by atomic mass is 10.1. The van der Waals surface area contributed by atoms with Crippen molar-refractivity contribution in [2.24, 2.45) is 0 Å². The second-order valence-electron chi connectivity index (χ2n) is 5.41. The molecule has 0 unspecified atom stereocenters. The second-order valence-corrected chi connectivity index (χ2v) is 5.41. The molecular weight excluding hydrogens is 288 g/mol. The van der Waals surface area contributed by atoms with Crippen LogP contribution in [0.4, 0.5) is 0 Å². The van der Waals surface area contributed by atoms with Gasteiger partial charge in [0.15, 0.2) is 17.6 Å². The van der Waals surface area contributed by atoms with Crippen LogP contribution in [0.1, 0.15) is 18.9 Å². The summed E-state index contributed by atoms with van der Waals surface area (Å²) in [5.41, 5.74) is 1.13. The standard InChI is InChI=1S/C16H20O6/c1-11(22-16(17)15-9-18-6-7-19-15)2-3-12-4-5-13-14(8-12)21-10-20-13/h4-5,8,11,15H,2-3,6-7,9-10H2,1H3/t11-,15-/m0/s1. The van der Waals surface area contributed by atoms with Gasteiger partial charge in [-0.2, -0.15) is 0 Å². The zero-order valence-corrected chi connectivity index (χ0v) is 12.6. The summed E-state index contributed by atoms with van der Waals surface area (Å²) in [6.45, 7) is 3.40. The molecule has 0 N–H and O–H groups in total. The lowest BCUT2D eigenvalue weighted by Gasteiger charge is -2.23. The summed E-state index contributed by atoms with van der Waals surface area (Å²) >= 11 is 0. The van der Waals surface area contributed by atoms with Crippen molar-refractivity contribution in [1.29, 1.82) is 0 Å². The number of hydrogen-bond acceptors (Lipinski definition) is 6. The fraction of sp³-hybridized carbons (Fsp3) is 0.562. The zero-order valence-electron chi connectivity index (χ0n) is 12.6. The van der Waals surface area contributed by atoms with Gasteiger partial charge in [0.05, 0.1) is 25.9 Å². The molecule has 22 heavy (non-hydrogen) atoms. The minimum absolute atomic E-state index is 0.177. The maximum atomic E-state index is 11.9. The Hall–Kier alpha value is -1.79. The topological polar surface area (TPSA) is 63.2 Å². The smallest absolute Gasteiger partial charge is 0.337 e. The van der Waals surface area contributed by atoms with Crippen LogP contribution in [0.2, 0.25) is 0 Å². The highest BCUT2D eigenvalue weighted by Crippen LogP contribution is 2.32. The Morgan fingerprint density at radius 2 is 2.18 bits per heavy atom. The Bertz CT molecular complexity index is 523. The molecule has 6 nitrogen and oxygen atoms in total. The molecule has 0 aliphatic carbocycles. The first-order valence-electron chi connectivity index (χ1n) is 7.51. The van der Waals surface area contributed by atoms with E-state index in [1.54, 1.807) is 0 Å². The average molecular weight is 308 g/mol. The highest BCUT2D eigenvalue weighted by atomic mass is 16.7. The summed E-state index contributed by atoms with van der Waals surface area (Å²) in [4.78, 5) is 11.9. The van der Waals surface area contributed by atoms with Crippen molar-refractivity contribution in [3.63, 3.8) is 0 Å². The van der Waals surface area contributed by atoms with Gasteiger partial charge >= 0.3 is 5.97 Å². The van der Waals surface area contributed by atoms with Gasteiger partial charge in [0.2, 0.25) is 6.79 Å². The zero-order chi connectivity index (χ0) is 15.4. The van der Waals surface area contributed by atoms with Gasteiger partial charge in [0.25, 0.3) is 0 Å². The van der Waals surface area contributed by atoms with E-state index < -0.39 is 6.10 Å². The molecule has 3 rings (SSSR count). The monoisotopic (exact) mass is 308 g/mol. The fourth-order valence-corrected chi connectivity index (χ4v) is 2.42. The summed E-state index contributed by atoms with van der Waals surface area (Å²) < 4.78 is 26.6. The largest absolute Gasteiger partial charge is 0.461 e. The normalized spacial score (nSPS) is 21.4. The highest BCUT2D eigenvalue weighted by Gasteiger charge is 2.25. The lowest BCUT2D eigenvalue weighted by Crippen LogP contribution is -2.38. The van der Waals surface area contributed by atoms with Gasteiger partial charge in [-0.05, 0) is 37.5 Å². The maximum Gasteiger partial charge on any atom is 0.337 e. The molecule has 0 saturated carbocycles. The predicted molar refractivity (Wildman–Crippen MR) is 77.0 cm³/mol. The van der Waals surface area contributed by atoms with Crippen molar-refractivity contribution in [1.82, 2.24) is 0 Å². The van der Waals surface area contributed by atoms with E-state index in [9.17, 15) is 4.79 Å². The number of ether oxygens (including phenoxy) is 5.